The third-order valence-electron chi connectivity index (χ3n) is 3.85. The van der Waals surface area contributed by atoms with Crippen LogP contribution in [0.4, 0.5) is 5.69 Å². The summed E-state index contributed by atoms with van der Waals surface area (Å²) < 4.78 is 25.0. The maximum Gasteiger partial charge on any atom is 0.335 e. The number of hydrogen-bond acceptors (Lipinski definition) is 6. The highest BCUT2D eigenvalue weighted by molar-refractivity contribution is 14.1. The van der Waals surface area contributed by atoms with E-state index in [4.69, 9.17) is 0 Å². The number of amides is 1. The predicted molar refractivity (Wildman–Crippen MR) is 111 cm³/mol. The summed E-state index contributed by atoms with van der Waals surface area (Å²) in [5.74, 6) is -1.84. The van der Waals surface area contributed by atoms with Crippen LogP contribution in [0.25, 0.3) is 0 Å². The van der Waals surface area contributed by atoms with E-state index in [-0.39, 0.29) is 22.8 Å². The minimum Gasteiger partial charge on any atom is -0.478 e. The van der Waals surface area contributed by atoms with Gasteiger partial charge in [0.2, 0.25) is 5.84 Å². The predicted octanol–water partition coefficient (Wildman–Crippen LogP) is 3.20. The second-order valence-electron chi connectivity index (χ2n) is 5.69. The van der Waals surface area contributed by atoms with Crippen molar-refractivity contribution in [1.29, 1.82) is 0 Å². The molecule has 10 heteroatoms. The topological polar surface area (TPSA) is 131 Å². The number of nitrogens with zero attached hydrogens (tertiary/aromatic N) is 1. The normalized spacial score (nSPS) is 15.7. The monoisotopic (exact) mass is 501 g/mol. The second-order valence-corrected chi connectivity index (χ2v) is 8.60. The number of carboxylic acid groups (broad SMARTS) is 1. The van der Waals surface area contributed by atoms with Crippen LogP contribution in [0.15, 0.2) is 51.8 Å². The van der Waals surface area contributed by atoms with Crippen molar-refractivity contribution >= 4 is 56.8 Å². The molecule has 5 N–H and O–H groups in total. The summed E-state index contributed by atoms with van der Waals surface area (Å²) in [7, 11) is -3.47. The maximum atomic E-state index is 12.3. The Balaban J connectivity index is 1.68. The quantitative estimate of drug-likeness (QED) is 0.400. The van der Waals surface area contributed by atoms with Gasteiger partial charge >= 0.3 is 5.97 Å². The Morgan fingerprint density at radius 2 is 1.93 bits per heavy atom. The molecule has 0 atom stereocenters. The fraction of sp³-hybridized carbons (Fsp3) is 0.118. The van der Waals surface area contributed by atoms with Crippen molar-refractivity contribution in [3.8, 4) is 0 Å². The largest absolute Gasteiger partial charge is 0.478 e. The first-order chi connectivity index (χ1) is 12.8. The molecular weight excluding hydrogens is 485 g/mol. The molecule has 0 radical (unpaired) electrons. The first kappa shape index (κ1) is 19.6. The minimum absolute atomic E-state index is 0.169. The Morgan fingerprint density at radius 3 is 2.67 bits per heavy atom. The van der Waals surface area contributed by atoms with Crippen LogP contribution in [-0.4, -0.2) is 38.5 Å². The second kappa shape index (κ2) is 7.84. The van der Waals surface area contributed by atoms with Gasteiger partial charge in [-0.2, -0.15) is 0 Å². The Bertz CT molecular complexity index is 948. The fourth-order valence-electron chi connectivity index (χ4n) is 2.59. The van der Waals surface area contributed by atoms with Gasteiger partial charge in [0.05, 0.1) is 11.3 Å². The lowest BCUT2D eigenvalue weighted by molar-refractivity contribution is -0.114. The summed E-state index contributed by atoms with van der Waals surface area (Å²) in [4.78, 5) is 23.8. The van der Waals surface area contributed by atoms with Crippen molar-refractivity contribution in [1.82, 2.24) is 5.32 Å². The van der Waals surface area contributed by atoms with E-state index in [1.807, 2.05) is 22.6 Å². The van der Waals surface area contributed by atoms with Crippen LogP contribution in [0.5, 0.6) is 0 Å². The first-order valence-corrected chi connectivity index (χ1v) is 10.4. The molecule has 0 aliphatic carbocycles. The number of carbonyl (C=O) groups is 2. The number of amidine groups is 1. The molecule has 0 saturated heterocycles. The van der Waals surface area contributed by atoms with Gasteiger partial charge in [0.15, 0.2) is 0 Å². The molecule has 0 saturated carbocycles. The number of nitrogens with one attached hydrogen (secondary N) is 2. The van der Waals surface area contributed by atoms with Crippen molar-refractivity contribution < 1.29 is 23.8 Å². The van der Waals surface area contributed by atoms with Gasteiger partial charge in [-0.3, -0.25) is 13.9 Å². The number of carbonyl (C=O) groups excluding carboxylic acids is 1. The molecule has 0 spiro atoms. The molecule has 0 unspecified atom stereocenters. The van der Waals surface area contributed by atoms with E-state index in [9.17, 15) is 23.8 Å². The highest BCUT2D eigenvalue weighted by atomic mass is 127. The molecule has 3 rings (SSSR count). The summed E-state index contributed by atoms with van der Waals surface area (Å²) in [5.41, 5.74) is 1.18. The minimum atomic E-state index is -3.47. The third-order valence-corrected chi connectivity index (χ3v) is 5.89. The SMILES string of the molecule is O=C(NCCc1ccccc1C(=O)O)C1=NS(O)(O)c2cc(I)ccc2N1. The van der Waals surface area contributed by atoms with E-state index >= 15 is 0 Å². The van der Waals surface area contributed by atoms with E-state index < -0.39 is 22.7 Å². The lowest BCUT2D eigenvalue weighted by atomic mass is 10.0. The van der Waals surface area contributed by atoms with Crippen LogP contribution in [0.1, 0.15) is 15.9 Å². The number of halogens is 1. The molecule has 1 aliphatic heterocycles. The number of hydrogen-bond donors (Lipinski definition) is 5. The van der Waals surface area contributed by atoms with Crippen molar-refractivity contribution in [2.45, 2.75) is 11.3 Å². The Hall–Kier alpha value is -2.15. The Morgan fingerprint density at radius 1 is 1.19 bits per heavy atom. The Labute approximate surface area is 170 Å². The Kier molecular flexibility index (Phi) is 5.69. The molecular formula is C17H16IN3O5S. The number of benzene rings is 2. The van der Waals surface area contributed by atoms with Crippen LogP contribution in [0.2, 0.25) is 0 Å². The number of aromatic carboxylic acids is 1. The highest BCUT2D eigenvalue weighted by Crippen LogP contribution is 2.55. The third kappa shape index (κ3) is 4.40. The number of fused-ring (bicyclic) bond motifs is 1. The highest BCUT2D eigenvalue weighted by Gasteiger charge is 2.28. The molecule has 2 aromatic rings. The van der Waals surface area contributed by atoms with E-state index in [0.29, 0.717) is 17.7 Å². The average Bonchev–Trinajstić information content (AvgIpc) is 2.62. The fourth-order valence-corrected chi connectivity index (χ4v) is 4.48. The molecule has 27 heavy (non-hydrogen) atoms. The van der Waals surface area contributed by atoms with E-state index in [1.54, 1.807) is 36.4 Å². The molecule has 0 fully saturated rings. The molecule has 1 amide bonds. The van der Waals surface area contributed by atoms with Crippen molar-refractivity contribution in [3.63, 3.8) is 0 Å². The molecule has 2 aromatic carbocycles. The summed E-state index contributed by atoms with van der Waals surface area (Å²) in [6.07, 6.45) is 0.312. The van der Waals surface area contributed by atoms with Gasteiger partial charge in [0.1, 0.15) is 4.90 Å². The molecule has 1 heterocycles. The summed E-state index contributed by atoms with van der Waals surface area (Å²) in [6.45, 7) is 0.169. The lowest BCUT2D eigenvalue weighted by Gasteiger charge is -2.33. The summed E-state index contributed by atoms with van der Waals surface area (Å²) >= 11 is 2.05. The molecule has 0 aromatic heterocycles. The van der Waals surface area contributed by atoms with E-state index in [2.05, 4.69) is 15.0 Å². The van der Waals surface area contributed by atoms with Gasteiger partial charge in [-0.05, 0) is 58.8 Å². The maximum absolute atomic E-state index is 12.3. The zero-order valence-corrected chi connectivity index (χ0v) is 16.8. The van der Waals surface area contributed by atoms with E-state index in [0.717, 1.165) is 3.57 Å². The van der Waals surface area contributed by atoms with Gasteiger partial charge in [0.25, 0.3) is 5.91 Å². The van der Waals surface area contributed by atoms with Crippen molar-refractivity contribution in [2.24, 2.45) is 4.40 Å². The van der Waals surface area contributed by atoms with Crippen LogP contribution in [-0.2, 0) is 11.2 Å². The standard InChI is InChI=1S/C17H16IN3O5S/c18-11-5-6-13-14(9-11)27(25,26)21-15(20-13)16(22)19-8-7-10-3-1-2-4-12(10)17(23)24/h1-6,9,25-26H,7-8H2,(H,19,22)(H,20,21)(H,23,24). The molecule has 0 bridgehead atoms. The zero-order valence-electron chi connectivity index (χ0n) is 13.8. The lowest BCUT2D eigenvalue weighted by Crippen LogP contribution is -2.38. The van der Waals surface area contributed by atoms with Gasteiger partial charge in [-0.1, -0.05) is 29.0 Å². The van der Waals surface area contributed by atoms with Gasteiger partial charge < -0.3 is 15.7 Å². The molecule has 8 nitrogen and oxygen atoms in total. The van der Waals surface area contributed by atoms with Crippen LogP contribution < -0.4 is 10.6 Å². The smallest absolute Gasteiger partial charge is 0.335 e. The zero-order chi connectivity index (χ0) is 19.6. The van der Waals surface area contributed by atoms with Crippen molar-refractivity contribution in [3.05, 3.63) is 57.2 Å². The number of carboxylic acids is 1. The first-order valence-electron chi connectivity index (χ1n) is 7.82. The van der Waals surface area contributed by atoms with Gasteiger partial charge in [-0.15, -0.1) is 4.40 Å². The number of anilines is 1. The van der Waals surface area contributed by atoms with Gasteiger partial charge in [-0.25, -0.2) is 4.79 Å². The summed E-state index contributed by atoms with van der Waals surface area (Å²) in [6, 6.07) is 11.6. The summed E-state index contributed by atoms with van der Waals surface area (Å²) in [5, 5.41) is 14.6. The van der Waals surface area contributed by atoms with Crippen LogP contribution in [0, 0.1) is 3.57 Å². The number of rotatable bonds is 5. The van der Waals surface area contributed by atoms with E-state index in [1.165, 1.54) is 6.07 Å². The molecule has 1 aliphatic rings. The average molecular weight is 501 g/mol. The van der Waals surface area contributed by atoms with Crippen LogP contribution >= 0.6 is 33.4 Å². The molecule has 142 valence electrons. The van der Waals surface area contributed by atoms with Gasteiger partial charge in [0, 0.05) is 10.1 Å². The van der Waals surface area contributed by atoms with Crippen LogP contribution in [0.3, 0.4) is 0 Å². The van der Waals surface area contributed by atoms with Crippen molar-refractivity contribution in [2.75, 3.05) is 11.9 Å².